The van der Waals surface area contributed by atoms with Crippen molar-refractivity contribution in [2.24, 2.45) is 0 Å². The second kappa shape index (κ2) is 4.01. The Kier molecular flexibility index (Phi) is 3.26. The second-order valence-corrected chi connectivity index (χ2v) is 2.59. The van der Waals surface area contributed by atoms with E-state index in [1.165, 1.54) is 0 Å². The molecule has 4 nitrogen and oxygen atoms in total. The van der Waals surface area contributed by atoms with Gasteiger partial charge in [-0.05, 0) is 0 Å². The van der Waals surface area contributed by atoms with Crippen LogP contribution in [0.2, 0.25) is 0 Å². The fourth-order valence-electron chi connectivity index (χ4n) is 1.17. The molecule has 1 rings (SSSR count). The zero-order valence-electron chi connectivity index (χ0n) is 6.82. The minimum Gasteiger partial charge on any atom is -0.388 e. The summed E-state index contributed by atoms with van der Waals surface area (Å²) in [4.78, 5) is 0. The Balaban J connectivity index is 2.35. The number of rotatable bonds is 3. The van der Waals surface area contributed by atoms with E-state index in [4.69, 9.17) is 14.2 Å². The highest BCUT2D eigenvalue weighted by Crippen LogP contribution is 2.16. The van der Waals surface area contributed by atoms with Crippen molar-refractivity contribution in [1.82, 2.24) is 0 Å². The predicted molar refractivity (Wildman–Crippen MR) is 38.4 cm³/mol. The molecule has 0 aromatic rings. The van der Waals surface area contributed by atoms with Gasteiger partial charge in [-0.25, -0.2) is 0 Å². The summed E-state index contributed by atoms with van der Waals surface area (Å²) in [6, 6.07) is 0. The third-order valence-corrected chi connectivity index (χ3v) is 1.87. The van der Waals surface area contributed by atoms with Gasteiger partial charge < -0.3 is 19.3 Å². The Hall–Kier alpha value is -0.160. The first kappa shape index (κ1) is 8.93. The molecule has 1 heterocycles. The van der Waals surface area contributed by atoms with Gasteiger partial charge in [0.25, 0.3) is 0 Å². The van der Waals surface area contributed by atoms with Gasteiger partial charge in [0.2, 0.25) is 0 Å². The summed E-state index contributed by atoms with van der Waals surface area (Å²) >= 11 is 0. The molecule has 0 aromatic carbocycles. The Morgan fingerprint density at radius 1 is 1.55 bits per heavy atom. The van der Waals surface area contributed by atoms with Crippen molar-refractivity contribution < 1.29 is 19.3 Å². The van der Waals surface area contributed by atoms with Crippen LogP contribution in [0.3, 0.4) is 0 Å². The van der Waals surface area contributed by atoms with E-state index in [0.717, 1.165) is 0 Å². The minimum atomic E-state index is -0.556. The van der Waals surface area contributed by atoms with E-state index >= 15 is 0 Å². The number of aliphatic hydroxyl groups excluding tert-OH is 1. The largest absolute Gasteiger partial charge is 0.388 e. The quantitative estimate of drug-likeness (QED) is 0.602. The van der Waals surface area contributed by atoms with Gasteiger partial charge in [0.1, 0.15) is 18.3 Å². The van der Waals surface area contributed by atoms with Gasteiger partial charge in [-0.3, -0.25) is 0 Å². The van der Waals surface area contributed by atoms with Crippen LogP contribution in [0.4, 0.5) is 0 Å². The van der Waals surface area contributed by atoms with Crippen LogP contribution in [-0.2, 0) is 14.2 Å². The van der Waals surface area contributed by atoms with Gasteiger partial charge in [0, 0.05) is 14.2 Å². The number of hydrogen-bond acceptors (Lipinski definition) is 4. The van der Waals surface area contributed by atoms with Crippen molar-refractivity contribution in [2.75, 3.05) is 27.4 Å². The smallest absolute Gasteiger partial charge is 0.111 e. The summed E-state index contributed by atoms with van der Waals surface area (Å²) < 4.78 is 15.0. The van der Waals surface area contributed by atoms with Crippen LogP contribution in [0.15, 0.2) is 0 Å². The van der Waals surface area contributed by atoms with Crippen molar-refractivity contribution in [2.45, 2.75) is 18.3 Å². The molecule has 1 saturated heterocycles. The van der Waals surface area contributed by atoms with E-state index in [9.17, 15) is 5.11 Å². The van der Waals surface area contributed by atoms with Crippen LogP contribution in [0, 0.1) is 0 Å². The summed E-state index contributed by atoms with van der Waals surface area (Å²) in [5.74, 6) is 0. The van der Waals surface area contributed by atoms with Crippen molar-refractivity contribution in [3.8, 4) is 0 Å². The molecule has 0 bridgehead atoms. The molecule has 11 heavy (non-hydrogen) atoms. The molecule has 3 atom stereocenters. The van der Waals surface area contributed by atoms with Gasteiger partial charge in [0.05, 0.1) is 13.2 Å². The molecule has 0 amide bonds. The maximum absolute atomic E-state index is 9.45. The van der Waals surface area contributed by atoms with Gasteiger partial charge >= 0.3 is 0 Å². The SMILES string of the molecule is COCC1OCC(OC)C1O. The predicted octanol–water partition coefficient (Wildman–Crippen LogP) is -0.593. The average Bonchev–Trinajstić information content (AvgIpc) is 2.34. The van der Waals surface area contributed by atoms with Gasteiger partial charge in [-0.1, -0.05) is 0 Å². The number of hydrogen-bond donors (Lipinski definition) is 1. The molecule has 1 aliphatic heterocycles. The molecule has 0 spiro atoms. The van der Waals surface area contributed by atoms with E-state index in [1.54, 1.807) is 14.2 Å². The van der Waals surface area contributed by atoms with E-state index in [0.29, 0.717) is 13.2 Å². The lowest BCUT2D eigenvalue weighted by Gasteiger charge is -2.14. The zero-order valence-corrected chi connectivity index (χ0v) is 6.82. The summed E-state index contributed by atoms with van der Waals surface area (Å²) in [6.07, 6.45) is -0.986. The van der Waals surface area contributed by atoms with Crippen molar-refractivity contribution >= 4 is 0 Å². The standard InChI is InChI=1S/C7H14O4/c1-9-3-6-7(8)5(10-2)4-11-6/h5-8H,3-4H2,1-2H3. The zero-order chi connectivity index (χ0) is 8.27. The normalized spacial score (nSPS) is 37.9. The third-order valence-electron chi connectivity index (χ3n) is 1.87. The van der Waals surface area contributed by atoms with Crippen molar-refractivity contribution in [3.05, 3.63) is 0 Å². The summed E-state index contributed by atoms with van der Waals surface area (Å²) in [5.41, 5.74) is 0. The van der Waals surface area contributed by atoms with Gasteiger partial charge in [-0.15, -0.1) is 0 Å². The van der Waals surface area contributed by atoms with Crippen LogP contribution in [0.5, 0.6) is 0 Å². The summed E-state index contributed by atoms with van der Waals surface area (Å²) in [6.45, 7) is 0.868. The molecule has 0 aromatic heterocycles. The third kappa shape index (κ3) is 1.90. The molecule has 0 radical (unpaired) electrons. The monoisotopic (exact) mass is 162 g/mol. The number of aliphatic hydroxyl groups is 1. The van der Waals surface area contributed by atoms with Crippen LogP contribution >= 0.6 is 0 Å². The van der Waals surface area contributed by atoms with Gasteiger partial charge in [-0.2, -0.15) is 0 Å². The van der Waals surface area contributed by atoms with Crippen LogP contribution in [-0.4, -0.2) is 50.9 Å². The molecule has 3 unspecified atom stereocenters. The fraction of sp³-hybridized carbons (Fsp3) is 1.00. The first-order chi connectivity index (χ1) is 5.29. The van der Waals surface area contributed by atoms with E-state index in [2.05, 4.69) is 0 Å². The molecule has 66 valence electrons. The van der Waals surface area contributed by atoms with Crippen LogP contribution in [0.25, 0.3) is 0 Å². The molecule has 4 heteroatoms. The fourth-order valence-corrected chi connectivity index (χ4v) is 1.17. The summed E-state index contributed by atoms with van der Waals surface area (Å²) in [7, 11) is 3.14. The van der Waals surface area contributed by atoms with Crippen LogP contribution in [0.1, 0.15) is 0 Å². The Morgan fingerprint density at radius 2 is 2.27 bits per heavy atom. The first-order valence-electron chi connectivity index (χ1n) is 3.61. The Bertz CT molecular complexity index is 117. The maximum atomic E-state index is 9.45. The average molecular weight is 162 g/mol. The number of ether oxygens (including phenoxy) is 3. The highest BCUT2D eigenvalue weighted by Gasteiger charge is 2.35. The van der Waals surface area contributed by atoms with Crippen molar-refractivity contribution in [3.63, 3.8) is 0 Å². The molecular weight excluding hydrogens is 148 g/mol. The second-order valence-electron chi connectivity index (χ2n) is 2.59. The minimum absolute atomic E-state index is 0.199. The van der Waals surface area contributed by atoms with E-state index < -0.39 is 6.10 Å². The molecular formula is C7H14O4. The first-order valence-corrected chi connectivity index (χ1v) is 3.61. The van der Waals surface area contributed by atoms with Crippen molar-refractivity contribution in [1.29, 1.82) is 0 Å². The highest BCUT2D eigenvalue weighted by atomic mass is 16.6. The molecule has 0 aliphatic carbocycles. The lowest BCUT2D eigenvalue weighted by molar-refractivity contribution is -0.0236. The number of methoxy groups -OCH3 is 2. The maximum Gasteiger partial charge on any atom is 0.111 e. The molecule has 0 saturated carbocycles. The van der Waals surface area contributed by atoms with Crippen LogP contribution < -0.4 is 0 Å². The van der Waals surface area contributed by atoms with E-state index in [1.807, 2.05) is 0 Å². The lowest BCUT2D eigenvalue weighted by atomic mass is 10.1. The highest BCUT2D eigenvalue weighted by molar-refractivity contribution is 4.83. The molecule has 1 aliphatic rings. The topological polar surface area (TPSA) is 47.9 Å². The summed E-state index contributed by atoms with van der Waals surface area (Å²) in [5, 5.41) is 9.45. The Morgan fingerprint density at radius 3 is 2.73 bits per heavy atom. The van der Waals surface area contributed by atoms with Gasteiger partial charge in [0.15, 0.2) is 0 Å². The van der Waals surface area contributed by atoms with E-state index in [-0.39, 0.29) is 12.2 Å². The molecule has 1 fully saturated rings. The molecule has 1 N–H and O–H groups in total. The Labute approximate surface area is 66.1 Å². The lowest BCUT2D eigenvalue weighted by Crippen LogP contribution is -2.33.